The van der Waals surface area contributed by atoms with E-state index in [0.29, 0.717) is 18.1 Å². The Balaban J connectivity index is 2.63. The maximum absolute atomic E-state index is 9.02. The average molecular weight is 181 g/mol. The van der Waals surface area contributed by atoms with E-state index in [1.165, 1.54) is 0 Å². The normalized spacial score (nSPS) is 12.5. The summed E-state index contributed by atoms with van der Waals surface area (Å²) >= 11 is 0. The summed E-state index contributed by atoms with van der Waals surface area (Å²) in [7, 11) is 0. The van der Waals surface area contributed by atoms with Gasteiger partial charge >= 0.3 is 0 Å². The van der Waals surface area contributed by atoms with Gasteiger partial charge in [-0.15, -0.1) is 0 Å². The molecule has 1 atom stereocenters. The highest BCUT2D eigenvalue weighted by Gasteiger charge is 1.99. The molecule has 0 radical (unpaired) electrons. The lowest BCUT2D eigenvalue weighted by Gasteiger charge is -2.08. The van der Waals surface area contributed by atoms with Crippen molar-refractivity contribution < 1.29 is 5.11 Å². The molecule has 4 heteroatoms. The Labute approximate surface area is 77.8 Å². The van der Waals surface area contributed by atoms with Crippen LogP contribution in [0.5, 0.6) is 0 Å². The summed E-state index contributed by atoms with van der Waals surface area (Å²) in [5.74, 6) is 0.698. The highest BCUT2D eigenvalue weighted by molar-refractivity contribution is 5.53. The Morgan fingerprint density at radius 2 is 2.38 bits per heavy atom. The summed E-state index contributed by atoms with van der Waals surface area (Å²) in [5.41, 5.74) is 7.36. The summed E-state index contributed by atoms with van der Waals surface area (Å²) in [6.07, 6.45) is 1.32. The number of rotatable bonds is 3. The SMILES string of the molecule is Cc1cnc(NCC(C)O)cc1N. The molecular weight excluding hydrogens is 166 g/mol. The molecular formula is C9H15N3O. The third kappa shape index (κ3) is 2.91. The number of nitrogens with one attached hydrogen (secondary N) is 1. The van der Waals surface area contributed by atoms with E-state index in [-0.39, 0.29) is 6.10 Å². The zero-order valence-electron chi connectivity index (χ0n) is 7.91. The van der Waals surface area contributed by atoms with Crippen LogP contribution in [0, 0.1) is 6.92 Å². The number of aliphatic hydroxyl groups is 1. The number of pyridine rings is 1. The largest absolute Gasteiger partial charge is 0.398 e. The molecule has 0 bridgehead atoms. The molecule has 0 saturated heterocycles. The van der Waals surface area contributed by atoms with Crippen LogP contribution in [-0.4, -0.2) is 22.7 Å². The van der Waals surface area contributed by atoms with Gasteiger partial charge in [0.15, 0.2) is 0 Å². The fourth-order valence-corrected chi connectivity index (χ4v) is 0.888. The summed E-state index contributed by atoms with van der Waals surface area (Å²) in [4.78, 5) is 4.11. The Bertz CT molecular complexity index is 286. The van der Waals surface area contributed by atoms with Gasteiger partial charge in [-0.25, -0.2) is 4.98 Å². The number of hydrogen-bond donors (Lipinski definition) is 3. The van der Waals surface area contributed by atoms with Crippen molar-refractivity contribution in [3.05, 3.63) is 17.8 Å². The molecule has 13 heavy (non-hydrogen) atoms. The lowest BCUT2D eigenvalue weighted by Crippen LogP contribution is -2.16. The molecule has 0 spiro atoms. The fourth-order valence-electron chi connectivity index (χ4n) is 0.888. The smallest absolute Gasteiger partial charge is 0.128 e. The maximum atomic E-state index is 9.02. The summed E-state index contributed by atoms with van der Waals surface area (Å²) in [6.45, 7) is 4.10. The van der Waals surface area contributed by atoms with Gasteiger partial charge in [0, 0.05) is 24.5 Å². The molecule has 0 saturated carbocycles. The van der Waals surface area contributed by atoms with E-state index in [1.54, 1.807) is 19.2 Å². The van der Waals surface area contributed by atoms with Gasteiger partial charge in [0.1, 0.15) is 5.82 Å². The summed E-state index contributed by atoms with van der Waals surface area (Å²) in [5, 5.41) is 12.0. The monoisotopic (exact) mass is 181 g/mol. The Morgan fingerprint density at radius 3 is 2.92 bits per heavy atom. The van der Waals surface area contributed by atoms with Gasteiger partial charge in [-0.05, 0) is 19.4 Å². The fraction of sp³-hybridized carbons (Fsp3) is 0.444. The van der Waals surface area contributed by atoms with Crippen LogP contribution in [0.15, 0.2) is 12.3 Å². The molecule has 1 aromatic rings. The number of aromatic nitrogens is 1. The molecule has 1 heterocycles. The number of hydrogen-bond acceptors (Lipinski definition) is 4. The molecule has 1 aromatic heterocycles. The van der Waals surface area contributed by atoms with Crippen LogP contribution < -0.4 is 11.1 Å². The molecule has 1 rings (SSSR count). The zero-order chi connectivity index (χ0) is 9.84. The molecule has 0 aliphatic heterocycles. The topological polar surface area (TPSA) is 71.2 Å². The molecule has 4 N–H and O–H groups in total. The lowest BCUT2D eigenvalue weighted by atomic mass is 10.2. The predicted octanol–water partition coefficient (Wildman–Crippen LogP) is 0.765. The lowest BCUT2D eigenvalue weighted by molar-refractivity contribution is 0.208. The third-order valence-electron chi connectivity index (χ3n) is 1.72. The van der Waals surface area contributed by atoms with Crippen molar-refractivity contribution in [2.75, 3.05) is 17.6 Å². The summed E-state index contributed by atoms with van der Waals surface area (Å²) < 4.78 is 0. The molecule has 4 nitrogen and oxygen atoms in total. The quantitative estimate of drug-likeness (QED) is 0.644. The minimum Gasteiger partial charge on any atom is -0.398 e. The number of anilines is 2. The van der Waals surface area contributed by atoms with E-state index in [9.17, 15) is 0 Å². The first-order chi connectivity index (χ1) is 6.09. The van der Waals surface area contributed by atoms with Crippen molar-refractivity contribution in [1.29, 1.82) is 0 Å². The highest BCUT2D eigenvalue weighted by atomic mass is 16.3. The van der Waals surface area contributed by atoms with Crippen molar-refractivity contribution in [2.24, 2.45) is 0 Å². The Morgan fingerprint density at radius 1 is 1.69 bits per heavy atom. The van der Waals surface area contributed by atoms with Gasteiger partial charge in [0.2, 0.25) is 0 Å². The first kappa shape index (κ1) is 9.80. The molecule has 0 aliphatic carbocycles. The molecule has 0 aliphatic rings. The predicted molar refractivity (Wildman–Crippen MR) is 53.6 cm³/mol. The van der Waals surface area contributed by atoms with Gasteiger partial charge in [0.05, 0.1) is 6.10 Å². The van der Waals surface area contributed by atoms with E-state index in [4.69, 9.17) is 10.8 Å². The van der Waals surface area contributed by atoms with Crippen LogP contribution in [0.2, 0.25) is 0 Å². The van der Waals surface area contributed by atoms with E-state index in [2.05, 4.69) is 10.3 Å². The maximum Gasteiger partial charge on any atom is 0.128 e. The minimum atomic E-state index is -0.385. The number of nitrogens with two attached hydrogens (primary N) is 1. The van der Waals surface area contributed by atoms with E-state index >= 15 is 0 Å². The second-order valence-electron chi connectivity index (χ2n) is 3.16. The van der Waals surface area contributed by atoms with E-state index in [1.807, 2.05) is 6.92 Å². The first-order valence-corrected chi connectivity index (χ1v) is 4.23. The molecule has 0 fully saturated rings. The average Bonchev–Trinajstić information content (AvgIpc) is 2.07. The third-order valence-corrected chi connectivity index (χ3v) is 1.72. The van der Waals surface area contributed by atoms with Gasteiger partial charge in [-0.2, -0.15) is 0 Å². The van der Waals surface area contributed by atoms with E-state index < -0.39 is 0 Å². The van der Waals surface area contributed by atoms with Crippen LogP contribution in [0.1, 0.15) is 12.5 Å². The molecule has 72 valence electrons. The van der Waals surface area contributed by atoms with Crippen LogP contribution in [0.3, 0.4) is 0 Å². The van der Waals surface area contributed by atoms with Crippen molar-refractivity contribution in [3.8, 4) is 0 Å². The van der Waals surface area contributed by atoms with Crippen LogP contribution >= 0.6 is 0 Å². The van der Waals surface area contributed by atoms with Crippen LogP contribution in [-0.2, 0) is 0 Å². The molecule has 0 aromatic carbocycles. The first-order valence-electron chi connectivity index (χ1n) is 4.23. The minimum absolute atomic E-state index is 0.385. The van der Waals surface area contributed by atoms with E-state index in [0.717, 1.165) is 5.56 Å². The van der Waals surface area contributed by atoms with Crippen molar-refractivity contribution in [3.63, 3.8) is 0 Å². The van der Waals surface area contributed by atoms with Gasteiger partial charge in [-0.1, -0.05) is 0 Å². The van der Waals surface area contributed by atoms with Crippen LogP contribution in [0.4, 0.5) is 11.5 Å². The van der Waals surface area contributed by atoms with Crippen LogP contribution in [0.25, 0.3) is 0 Å². The van der Waals surface area contributed by atoms with Gasteiger partial charge in [0.25, 0.3) is 0 Å². The molecule has 0 amide bonds. The Kier molecular flexibility index (Phi) is 3.08. The highest BCUT2D eigenvalue weighted by Crippen LogP contribution is 2.13. The summed E-state index contributed by atoms with van der Waals surface area (Å²) in [6, 6.07) is 1.76. The number of nitrogens with zero attached hydrogens (tertiary/aromatic N) is 1. The standard InChI is InChI=1S/C9H15N3O/c1-6-4-11-9(3-8(6)10)12-5-7(2)13/h3-4,7,13H,5H2,1-2H3,(H3,10,11,12). The zero-order valence-corrected chi connectivity index (χ0v) is 7.91. The second kappa shape index (κ2) is 4.09. The number of nitrogen functional groups attached to an aromatic ring is 1. The van der Waals surface area contributed by atoms with Gasteiger partial charge in [-0.3, -0.25) is 0 Å². The second-order valence-corrected chi connectivity index (χ2v) is 3.16. The van der Waals surface area contributed by atoms with Crippen molar-refractivity contribution in [2.45, 2.75) is 20.0 Å². The van der Waals surface area contributed by atoms with Crippen molar-refractivity contribution in [1.82, 2.24) is 4.98 Å². The van der Waals surface area contributed by atoms with Crippen molar-refractivity contribution >= 4 is 11.5 Å². The number of aryl methyl sites for hydroxylation is 1. The molecule has 1 unspecified atom stereocenters. The van der Waals surface area contributed by atoms with Gasteiger partial charge < -0.3 is 16.2 Å². The Hall–Kier alpha value is -1.29. The number of aliphatic hydroxyl groups excluding tert-OH is 1.